The standard InChI is InChI=1S/C27H29F3N6O3/c28-27(29,30)19-12-20(14-22(13-19)35-11-10-23(25(35)37)18-4-2-1-3-5-18)32-26(38)33-24-16-36(34-39-24)21-8-6-17(15-31)7-9-21/h1-5,12-14,16-17,21,23H,6-11,15,31H2,(H-,32,33,34,38)/p+1. The van der Waals surface area contributed by atoms with Gasteiger partial charge in [0.2, 0.25) is 11.2 Å². The summed E-state index contributed by atoms with van der Waals surface area (Å²) in [7, 11) is 0. The van der Waals surface area contributed by atoms with Crippen molar-refractivity contribution in [1.82, 2.24) is 5.27 Å². The predicted molar refractivity (Wildman–Crippen MR) is 137 cm³/mol. The number of amides is 3. The van der Waals surface area contributed by atoms with Crippen molar-refractivity contribution in [3.05, 3.63) is 65.9 Å². The molecule has 1 atom stereocenters. The summed E-state index contributed by atoms with van der Waals surface area (Å²) in [6.45, 7) is 0.913. The molecule has 1 saturated heterocycles. The molecule has 2 aliphatic rings. The predicted octanol–water partition coefficient (Wildman–Crippen LogP) is 4.84. The van der Waals surface area contributed by atoms with E-state index in [0.29, 0.717) is 18.9 Å². The zero-order valence-electron chi connectivity index (χ0n) is 21.2. The quantitative estimate of drug-likeness (QED) is 0.385. The van der Waals surface area contributed by atoms with Gasteiger partial charge in [-0.15, -0.1) is 0 Å². The van der Waals surface area contributed by atoms with Crippen molar-refractivity contribution in [3.63, 3.8) is 0 Å². The molecule has 0 radical (unpaired) electrons. The molecular formula is C27H30F3N6O3+. The van der Waals surface area contributed by atoms with Crippen molar-refractivity contribution >= 4 is 29.2 Å². The number of benzene rings is 2. The van der Waals surface area contributed by atoms with Gasteiger partial charge in [0.05, 0.1) is 11.5 Å². The van der Waals surface area contributed by atoms with Crippen LogP contribution < -0.4 is 25.9 Å². The second-order valence-corrected chi connectivity index (χ2v) is 10.0. The molecule has 2 fully saturated rings. The maximum atomic E-state index is 13.7. The van der Waals surface area contributed by atoms with Crippen LogP contribution in [0.15, 0.2) is 59.3 Å². The number of hydrogen-bond acceptors (Lipinski definition) is 5. The first kappa shape index (κ1) is 26.7. The summed E-state index contributed by atoms with van der Waals surface area (Å²) < 4.78 is 48.0. The SMILES string of the molecule is NCC1CCC([n+]2cc(NC(=O)Nc3cc(N4CCC(c5ccccc5)C4=O)cc(C(F)(F)F)c3)on2)CC1. The van der Waals surface area contributed by atoms with Crippen LogP contribution in [0.4, 0.5) is 35.2 Å². The highest BCUT2D eigenvalue weighted by molar-refractivity contribution is 6.02. The number of hydrogen-bond donors (Lipinski definition) is 3. The van der Waals surface area contributed by atoms with E-state index in [1.54, 1.807) is 10.9 Å². The summed E-state index contributed by atoms with van der Waals surface area (Å²) >= 11 is 0. The Balaban J connectivity index is 1.29. The third-order valence-corrected chi connectivity index (χ3v) is 7.47. The van der Waals surface area contributed by atoms with Crippen LogP contribution in [0.1, 0.15) is 55.2 Å². The largest absolute Gasteiger partial charge is 0.416 e. The highest BCUT2D eigenvalue weighted by Gasteiger charge is 2.37. The molecule has 1 saturated carbocycles. The maximum absolute atomic E-state index is 13.7. The van der Waals surface area contributed by atoms with Gasteiger partial charge in [-0.1, -0.05) is 30.3 Å². The minimum Gasteiger partial charge on any atom is -0.330 e. The van der Waals surface area contributed by atoms with E-state index in [1.165, 1.54) is 11.0 Å². The van der Waals surface area contributed by atoms with Crippen LogP contribution in [0.2, 0.25) is 0 Å². The molecule has 206 valence electrons. The number of aromatic nitrogens is 2. The first-order valence-electron chi connectivity index (χ1n) is 13.0. The smallest absolute Gasteiger partial charge is 0.330 e. The molecule has 3 aromatic rings. The first-order valence-corrected chi connectivity index (χ1v) is 13.0. The van der Waals surface area contributed by atoms with Gasteiger partial charge in [0.1, 0.15) is 0 Å². The summed E-state index contributed by atoms with van der Waals surface area (Å²) in [5.74, 6) is -0.179. The molecule has 12 heteroatoms. The van der Waals surface area contributed by atoms with Gasteiger partial charge in [-0.05, 0) is 60.2 Å². The zero-order valence-corrected chi connectivity index (χ0v) is 21.2. The van der Waals surface area contributed by atoms with E-state index >= 15 is 0 Å². The van der Waals surface area contributed by atoms with Crippen LogP contribution >= 0.6 is 0 Å². The fourth-order valence-corrected chi connectivity index (χ4v) is 5.34. The summed E-state index contributed by atoms with van der Waals surface area (Å²) in [5, 5.41) is 8.88. The second kappa shape index (κ2) is 11.0. The van der Waals surface area contributed by atoms with Gasteiger partial charge in [0, 0.05) is 30.8 Å². The molecule has 1 aromatic heterocycles. The second-order valence-electron chi connectivity index (χ2n) is 10.0. The lowest BCUT2D eigenvalue weighted by molar-refractivity contribution is -0.787. The van der Waals surface area contributed by atoms with Gasteiger partial charge in [-0.3, -0.25) is 14.6 Å². The highest BCUT2D eigenvalue weighted by atomic mass is 19.4. The van der Waals surface area contributed by atoms with Gasteiger partial charge in [0.15, 0.2) is 6.04 Å². The van der Waals surface area contributed by atoms with Crippen molar-refractivity contribution < 1.29 is 32.0 Å². The molecule has 2 heterocycles. The van der Waals surface area contributed by atoms with E-state index in [0.717, 1.165) is 43.4 Å². The van der Waals surface area contributed by atoms with Crippen LogP contribution in [-0.2, 0) is 11.0 Å². The Labute approximate surface area is 223 Å². The monoisotopic (exact) mass is 543 g/mol. The molecule has 39 heavy (non-hydrogen) atoms. The van der Waals surface area contributed by atoms with Crippen LogP contribution in [0.3, 0.4) is 0 Å². The van der Waals surface area contributed by atoms with Gasteiger partial charge >= 0.3 is 18.1 Å². The van der Waals surface area contributed by atoms with Gasteiger partial charge in [-0.2, -0.15) is 13.2 Å². The van der Waals surface area contributed by atoms with Crippen LogP contribution in [-0.4, -0.2) is 30.3 Å². The van der Waals surface area contributed by atoms with E-state index < -0.39 is 23.7 Å². The van der Waals surface area contributed by atoms with Gasteiger partial charge in [0.25, 0.3) is 6.20 Å². The molecule has 9 nitrogen and oxygen atoms in total. The molecule has 0 spiro atoms. The Kier molecular flexibility index (Phi) is 7.56. The highest BCUT2D eigenvalue weighted by Crippen LogP contribution is 2.38. The molecule has 1 aliphatic heterocycles. The molecule has 4 N–H and O–H groups in total. The fraction of sp³-hybridized carbons (Fsp3) is 0.407. The van der Waals surface area contributed by atoms with Crippen LogP contribution in [0, 0.1) is 5.92 Å². The lowest BCUT2D eigenvalue weighted by atomic mass is 9.86. The van der Waals surface area contributed by atoms with E-state index in [-0.39, 0.29) is 35.8 Å². The lowest BCUT2D eigenvalue weighted by Crippen LogP contribution is -2.43. The van der Waals surface area contributed by atoms with Crippen molar-refractivity contribution in [2.75, 3.05) is 28.6 Å². The number of anilines is 3. The van der Waals surface area contributed by atoms with Crippen molar-refractivity contribution in [1.29, 1.82) is 0 Å². The average Bonchev–Trinajstić information content (AvgIpc) is 3.55. The normalized spacial score (nSPS) is 21.7. The Hall–Kier alpha value is -3.93. The number of carbonyl (C=O) groups excluding carboxylic acids is 2. The van der Waals surface area contributed by atoms with Gasteiger partial charge < -0.3 is 16.0 Å². The maximum Gasteiger partial charge on any atom is 0.416 e. The number of alkyl halides is 3. The molecular weight excluding hydrogens is 513 g/mol. The van der Waals surface area contributed by atoms with Crippen LogP contribution in [0.5, 0.6) is 0 Å². The number of nitrogens with one attached hydrogen (secondary N) is 2. The number of halogens is 3. The molecule has 2 aromatic carbocycles. The van der Waals surface area contributed by atoms with Gasteiger partial charge in [-0.25, -0.2) is 4.79 Å². The minimum atomic E-state index is -4.68. The summed E-state index contributed by atoms with van der Waals surface area (Å²) in [6, 6.07) is 11.6. The molecule has 1 unspecified atom stereocenters. The molecule has 0 bridgehead atoms. The summed E-state index contributed by atoms with van der Waals surface area (Å²) in [6.07, 6.45) is 1.08. The Morgan fingerprint density at radius 3 is 2.51 bits per heavy atom. The Bertz CT molecular complexity index is 1320. The van der Waals surface area contributed by atoms with E-state index in [2.05, 4.69) is 15.9 Å². The van der Waals surface area contributed by atoms with Crippen molar-refractivity contribution in [3.8, 4) is 0 Å². The molecule has 3 amide bonds. The summed E-state index contributed by atoms with van der Waals surface area (Å²) in [4.78, 5) is 27.1. The number of nitrogens with zero attached hydrogens (tertiary/aromatic N) is 3. The molecule has 5 rings (SSSR count). The number of carbonyl (C=O) groups is 2. The van der Waals surface area contributed by atoms with Crippen molar-refractivity contribution in [2.45, 2.75) is 50.2 Å². The lowest BCUT2D eigenvalue weighted by Gasteiger charge is -2.21. The Morgan fingerprint density at radius 1 is 1.08 bits per heavy atom. The average molecular weight is 544 g/mol. The third-order valence-electron chi connectivity index (χ3n) is 7.47. The third kappa shape index (κ3) is 6.06. The number of urea groups is 1. The van der Waals surface area contributed by atoms with Crippen LogP contribution in [0.25, 0.3) is 0 Å². The number of rotatable bonds is 6. The number of nitrogens with two attached hydrogens (primary N) is 1. The zero-order chi connectivity index (χ0) is 27.6. The topological polar surface area (TPSA) is 117 Å². The Morgan fingerprint density at radius 2 is 1.82 bits per heavy atom. The van der Waals surface area contributed by atoms with Crippen molar-refractivity contribution in [2.24, 2.45) is 11.7 Å². The van der Waals surface area contributed by atoms with E-state index in [1.807, 2.05) is 30.3 Å². The molecule has 1 aliphatic carbocycles. The first-order chi connectivity index (χ1) is 18.7. The van der Waals surface area contributed by atoms with E-state index in [9.17, 15) is 22.8 Å². The van der Waals surface area contributed by atoms with E-state index in [4.69, 9.17) is 10.3 Å². The minimum absolute atomic E-state index is 0.0565. The summed E-state index contributed by atoms with van der Waals surface area (Å²) in [5.41, 5.74) is 5.54. The fourth-order valence-electron chi connectivity index (χ4n) is 5.34.